The molecule has 1 fully saturated rings. The van der Waals surface area contributed by atoms with Gasteiger partial charge in [-0.2, -0.15) is 0 Å². The maximum absolute atomic E-state index is 9.89. The second-order valence-corrected chi connectivity index (χ2v) is 6.82. The number of anilines is 1. The highest BCUT2D eigenvalue weighted by Gasteiger charge is 2.16. The van der Waals surface area contributed by atoms with Crippen LogP contribution in [0.1, 0.15) is 33.1 Å². The van der Waals surface area contributed by atoms with Gasteiger partial charge in [0.05, 0.1) is 17.3 Å². The van der Waals surface area contributed by atoms with Gasteiger partial charge < -0.3 is 19.7 Å². The highest BCUT2D eigenvalue weighted by Crippen LogP contribution is 2.19. The Bertz CT molecular complexity index is 642. The Morgan fingerprint density at radius 1 is 1.33 bits per heavy atom. The molecule has 130 valence electrons. The van der Waals surface area contributed by atoms with E-state index in [-0.39, 0.29) is 6.10 Å². The van der Waals surface area contributed by atoms with E-state index in [2.05, 4.69) is 20.3 Å². The van der Waals surface area contributed by atoms with E-state index in [9.17, 15) is 5.11 Å². The van der Waals surface area contributed by atoms with Crippen LogP contribution in [0.4, 0.5) is 5.95 Å². The number of hydrogen-bond acceptors (Lipinski definition) is 6. The van der Waals surface area contributed by atoms with Gasteiger partial charge in [-0.1, -0.05) is 0 Å². The normalized spacial score (nSPS) is 18.0. The monoisotopic (exact) mass is 331 g/mol. The zero-order chi connectivity index (χ0) is 17.0. The average Bonchev–Trinajstić information content (AvgIpc) is 3.22. The van der Waals surface area contributed by atoms with Crippen molar-refractivity contribution in [3.63, 3.8) is 0 Å². The number of imidazole rings is 1. The highest BCUT2D eigenvalue weighted by molar-refractivity contribution is 5.53. The fourth-order valence-corrected chi connectivity index (χ4v) is 2.69. The summed E-state index contributed by atoms with van der Waals surface area (Å²) >= 11 is 0. The van der Waals surface area contributed by atoms with E-state index in [1.54, 1.807) is 32.4 Å². The van der Waals surface area contributed by atoms with Crippen LogP contribution in [0.2, 0.25) is 0 Å². The summed E-state index contributed by atoms with van der Waals surface area (Å²) in [6.07, 6.45) is 10.3. The molecule has 0 radical (unpaired) electrons. The molecule has 0 bridgehead atoms. The summed E-state index contributed by atoms with van der Waals surface area (Å²) in [5.74, 6) is 1.41. The van der Waals surface area contributed by atoms with Crippen LogP contribution in [-0.4, -0.2) is 49.5 Å². The van der Waals surface area contributed by atoms with Gasteiger partial charge in [0.25, 0.3) is 0 Å². The molecule has 0 spiro atoms. The van der Waals surface area contributed by atoms with Crippen LogP contribution < -0.4 is 5.32 Å². The third-order valence-electron chi connectivity index (χ3n) is 4.10. The Kier molecular flexibility index (Phi) is 5.11. The fraction of sp³-hybridized carbons (Fsp3) is 0.588. The molecular weight excluding hydrogens is 306 g/mol. The number of hydrogen-bond donors (Lipinski definition) is 2. The molecule has 0 saturated carbocycles. The molecule has 1 saturated heterocycles. The molecule has 24 heavy (non-hydrogen) atoms. The zero-order valence-electron chi connectivity index (χ0n) is 14.3. The minimum atomic E-state index is -0.700. The first-order chi connectivity index (χ1) is 11.5. The topological polar surface area (TPSA) is 85.1 Å². The largest absolute Gasteiger partial charge is 0.390 e. The van der Waals surface area contributed by atoms with Crippen LogP contribution in [0, 0.1) is 0 Å². The minimum Gasteiger partial charge on any atom is -0.390 e. The number of rotatable bonds is 7. The molecule has 7 nitrogen and oxygen atoms in total. The molecule has 1 unspecified atom stereocenters. The smallest absolute Gasteiger partial charge is 0.222 e. The van der Waals surface area contributed by atoms with Crippen molar-refractivity contribution in [1.29, 1.82) is 0 Å². The first kappa shape index (κ1) is 16.9. The number of nitrogens with zero attached hydrogens (tertiary/aromatic N) is 4. The molecule has 3 rings (SSSR count). The zero-order valence-corrected chi connectivity index (χ0v) is 14.3. The summed E-state index contributed by atoms with van der Waals surface area (Å²) in [4.78, 5) is 13.1. The lowest BCUT2D eigenvalue weighted by Gasteiger charge is -2.18. The molecule has 1 aliphatic rings. The van der Waals surface area contributed by atoms with E-state index in [0.29, 0.717) is 18.9 Å². The van der Waals surface area contributed by atoms with Gasteiger partial charge in [-0.3, -0.25) is 0 Å². The van der Waals surface area contributed by atoms with E-state index >= 15 is 0 Å². The number of ether oxygens (including phenoxy) is 1. The van der Waals surface area contributed by atoms with E-state index < -0.39 is 5.60 Å². The predicted octanol–water partition coefficient (Wildman–Crippen LogP) is 2.09. The Balaban J connectivity index is 1.62. The second-order valence-electron chi connectivity index (χ2n) is 6.82. The van der Waals surface area contributed by atoms with Gasteiger partial charge in [0, 0.05) is 44.5 Å². The van der Waals surface area contributed by atoms with Gasteiger partial charge in [0.15, 0.2) is 0 Å². The van der Waals surface area contributed by atoms with Crippen LogP contribution in [0.3, 0.4) is 0 Å². The lowest BCUT2D eigenvalue weighted by atomic mass is 10.1. The maximum Gasteiger partial charge on any atom is 0.222 e. The van der Waals surface area contributed by atoms with Gasteiger partial charge in [-0.05, 0) is 33.1 Å². The first-order valence-electron chi connectivity index (χ1n) is 8.43. The summed E-state index contributed by atoms with van der Waals surface area (Å²) in [5, 5.41) is 13.1. The molecule has 2 aromatic rings. The molecular formula is C17H25N5O2. The van der Waals surface area contributed by atoms with Crippen molar-refractivity contribution in [3.8, 4) is 11.4 Å². The van der Waals surface area contributed by atoms with Crippen molar-refractivity contribution < 1.29 is 9.84 Å². The summed E-state index contributed by atoms with van der Waals surface area (Å²) in [6.45, 7) is 5.89. The third-order valence-corrected chi connectivity index (χ3v) is 4.10. The molecule has 7 heteroatoms. The Morgan fingerprint density at radius 2 is 2.12 bits per heavy atom. The van der Waals surface area contributed by atoms with E-state index in [1.807, 2.05) is 10.8 Å². The number of aromatic nitrogens is 4. The van der Waals surface area contributed by atoms with Crippen LogP contribution >= 0.6 is 0 Å². The van der Waals surface area contributed by atoms with Crippen LogP contribution in [-0.2, 0) is 11.3 Å². The maximum atomic E-state index is 9.89. The number of aryl methyl sites for hydroxylation is 1. The predicted molar refractivity (Wildman–Crippen MR) is 91.6 cm³/mol. The van der Waals surface area contributed by atoms with Crippen molar-refractivity contribution in [2.24, 2.45) is 0 Å². The minimum absolute atomic E-state index is 0.258. The SMILES string of the molecule is CC(C)(O)CCn1ccnc1-c1cnc(NCC2CCCO2)nc1. The summed E-state index contributed by atoms with van der Waals surface area (Å²) < 4.78 is 7.59. The van der Waals surface area contributed by atoms with Crippen LogP contribution in [0.15, 0.2) is 24.8 Å². The molecule has 3 heterocycles. The molecule has 2 aromatic heterocycles. The van der Waals surface area contributed by atoms with Crippen LogP contribution in [0.5, 0.6) is 0 Å². The fourth-order valence-electron chi connectivity index (χ4n) is 2.69. The van der Waals surface area contributed by atoms with Crippen LogP contribution in [0.25, 0.3) is 11.4 Å². The second kappa shape index (κ2) is 7.27. The molecule has 0 aliphatic carbocycles. The standard InChI is InChI=1S/C17H25N5O2/c1-17(2,23)5-7-22-8-6-18-15(22)13-10-19-16(20-11-13)21-12-14-4-3-9-24-14/h6,8,10-11,14,23H,3-5,7,9,12H2,1-2H3,(H,19,20,21). The quantitative estimate of drug-likeness (QED) is 0.808. The van der Waals surface area contributed by atoms with Crippen molar-refractivity contribution >= 4 is 5.95 Å². The number of aliphatic hydroxyl groups is 1. The van der Waals surface area contributed by atoms with Crippen molar-refractivity contribution in [2.45, 2.75) is 51.4 Å². The van der Waals surface area contributed by atoms with Crippen molar-refractivity contribution in [1.82, 2.24) is 19.5 Å². The highest BCUT2D eigenvalue weighted by atomic mass is 16.5. The van der Waals surface area contributed by atoms with Crippen molar-refractivity contribution in [3.05, 3.63) is 24.8 Å². The van der Waals surface area contributed by atoms with E-state index in [0.717, 1.165) is 37.4 Å². The molecule has 0 amide bonds. The lowest BCUT2D eigenvalue weighted by molar-refractivity contribution is 0.0663. The summed E-state index contributed by atoms with van der Waals surface area (Å²) in [6, 6.07) is 0. The lowest BCUT2D eigenvalue weighted by Crippen LogP contribution is -2.21. The Morgan fingerprint density at radius 3 is 2.79 bits per heavy atom. The first-order valence-corrected chi connectivity index (χ1v) is 8.43. The summed E-state index contributed by atoms with van der Waals surface area (Å²) in [7, 11) is 0. The van der Waals surface area contributed by atoms with Crippen molar-refractivity contribution in [2.75, 3.05) is 18.5 Å². The van der Waals surface area contributed by atoms with E-state index in [4.69, 9.17) is 4.74 Å². The van der Waals surface area contributed by atoms with E-state index in [1.165, 1.54) is 0 Å². The molecule has 0 aromatic carbocycles. The van der Waals surface area contributed by atoms with Gasteiger partial charge in [-0.15, -0.1) is 0 Å². The Hall–Kier alpha value is -1.99. The Labute approximate surface area is 142 Å². The molecule has 1 aliphatic heterocycles. The summed E-state index contributed by atoms with van der Waals surface area (Å²) in [5.41, 5.74) is 0.159. The number of nitrogens with one attached hydrogen (secondary N) is 1. The van der Waals surface area contributed by atoms with Gasteiger partial charge >= 0.3 is 0 Å². The van der Waals surface area contributed by atoms with Gasteiger partial charge in [0.1, 0.15) is 5.82 Å². The van der Waals surface area contributed by atoms with Gasteiger partial charge in [0.2, 0.25) is 5.95 Å². The molecule has 2 N–H and O–H groups in total. The third kappa shape index (κ3) is 4.52. The molecule has 1 atom stereocenters. The average molecular weight is 331 g/mol. The van der Waals surface area contributed by atoms with Gasteiger partial charge in [-0.25, -0.2) is 15.0 Å².